The first kappa shape index (κ1) is 35.2. The number of allylic oxidation sites excluding steroid dienone is 1. The fourth-order valence-electron chi connectivity index (χ4n) is 10.7. The second-order valence-electron chi connectivity index (χ2n) is 16.4. The molecule has 6 aliphatic rings. The van der Waals surface area contributed by atoms with Crippen molar-refractivity contribution in [2.24, 2.45) is 34.8 Å². The molecule has 4 saturated carbocycles. The Morgan fingerprint density at radius 1 is 0.957 bits per heavy atom. The van der Waals surface area contributed by atoms with Crippen molar-refractivity contribution in [2.75, 3.05) is 19.8 Å². The fraction of sp³-hybridized carbons (Fsp3) is 0.868. The smallest absolute Gasteiger partial charge is 0.350 e. The number of nitrogens with two attached hydrogens (primary N) is 2. The lowest BCUT2D eigenvalue weighted by Crippen LogP contribution is -2.95. The van der Waals surface area contributed by atoms with Crippen LogP contribution in [0.2, 0.25) is 0 Å². The molecule has 4 aliphatic carbocycles. The van der Waals surface area contributed by atoms with E-state index >= 15 is 0 Å². The molecule has 0 radical (unpaired) electrons. The van der Waals surface area contributed by atoms with Crippen molar-refractivity contribution in [1.29, 1.82) is 0 Å². The van der Waals surface area contributed by atoms with E-state index in [2.05, 4.69) is 12.2 Å². The molecule has 0 spiro atoms. The molecule has 2 heterocycles. The molecule has 2 aliphatic heterocycles. The molecule has 9 heteroatoms. The number of aliphatic hydroxyl groups is 2. The zero-order valence-electron chi connectivity index (χ0n) is 28.8. The van der Waals surface area contributed by atoms with Crippen molar-refractivity contribution in [3.8, 4) is 0 Å². The van der Waals surface area contributed by atoms with E-state index in [4.69, 9.17) is 15.2 Å². The third kappa shape index (κ3) is 6.78. The Balaban J connectivity index is 1.22. The highest BCUT2D eigenvalue weighted by Gasteiger charge is 2.87. The highest BCUT2D eigenvalue weighted by molar-refractivity contribution is 6.23. The fourth-order valence-corrected chi connectivity index (χ4v) is 10.7. The van der Waals surface area contributed by atoms with Crippen LogP contribution < -0.4 is 11.1 Å². The van der Waals surface area contributed by atoms with Crippen LogP contribution in [0.25, 0.3) is 0 Å². The van der Waals surface area contributed by atoms with Crippen LogP contribution in [0.15, 0.2) is 11.1 Å². The van der Waals surface area contributed by atoms with Gasteiger partial charge in [0.2, 0.25) is 0 Å². The zero-order chi connectivity index (χ0) is 33.2. The number of quaternary nitrogens is 1. The summed E-state index contributed by atoms with van der Waals surface area (Å²) in [6.45, 7) is 2.61. The maximum absolute atomic E-state index is 14.3. The summed E-state index contributed by atoms with van der Waals surface area (Å²) in [6, 6.07) is 0. The van der Waals surface area contributed by atoms with E-state index in [9.17, 15) is 24.6 Å². The Labute approximate surface area is 281 Å². The summed E-state index contributed by atoms with van der Waals surface area (Å²) >= 11 is 0. The van der Waals surface area contributed by atoms with Crippen LogP contribution >= 0.6 is 0 Å². The number of rotatable bonds is 12. The van der Waals surface area contributed by atoms with E-state index in [1.54, 1.807) is 0 Å². The van der Waals surface area contributed by atoms with Crippen molar-refractivity contribution in [2.45, 2.75) is 159 Å². The monoisotopic (exact) mass is 657 g/mol. The Bertz CT molecular complexity index is 1190. The Morgan fingerprint density at radius 3 is 2.30 bits per heavy atom. The number of ether oxygens (including phenoxy) is 2. The van der Waals surface area contributed by atoms with E-state index in [1.165, 1.54) is 51.4 Å². The summed E-state index contributed by atoms with van der Waals surface area (Å²) in [5.74, 6) is -1.27. The molecular formula is C38H61N2O7+. The van der Waals surface area contributed by atoms with Gasteiger partial charge in [0.1, 0.15) is 12.8 Å². The molecule has 7 atom stereocenters. The number of hydrogen-bond donors (Lipinski definition) is 4. The molecule has 6 N–H and O–H groups in total. The van der Waals surface area contributed by atoms with Gasteiger partial charge in [0, 0.05) is 31.1 Å². The Kier molecular flexibility index (Phi) is 11.0. The number of epoxide rings is 1. The maximum Gasteiger partial charge on any atom is 0.350 e. The number of piperidine rings is 1. The van der Waals surface area contributed by atoms with Gasteiger partial charge in [-0.25, -0.2) is 4.79 Å². The van der Waals surface area contributed by atoms with Crippen molar-refractivity contribution in [3.05, 3.63) is 11.1 Å². The molecule has 0 aromatic heterocycles. The summed E-state index contributed by atoms with van der Waals surface area (Å²) in [5, 5.41) is 23.8. The Hall–Kier alpha value is -1.65. The molecule has 0 amide bonds. The molecule has 0 aromatic rings. The standard InChI is InChI=1S/C38H60N2O7/c1-25(21-36(17-8-3-9-18-36)28-16-19-40-32(39)20-28)27(23-41)22-37-33(43)30-12-6-7-13-31(30)34(44)38(37,47-37)35(45)46-24-29(42)15-14-26-10-4-2-5-11-26/h26,28-32,40-42H,2-24,39H2,1H3/p+1/t28?,29-,30?,31?,32?,37+,38+/m1/s1. The lowest BCUT2D eigenvalue weighted by atomic mass is 9.59. The molecule has 4 unspecified atom stereocenters. The molecule has 2 saturated heterocycles. The van der Waals surface area contributed by atoms with Crippen molar-refractivity contribution < 1.29 is 39.4 Å². The molecular weight excluding hydrogens is 596 g/mol. The average molecular weight is 658 g/mol. The van der Waals surface area contributed by atoms with Crippen molar-refractivity contribution >= 4 is 17.5 Å². The summed E-state index contributed by atoms with van der Waals surface area (Å²) in [5.41, 5.74) is 4.62. The van der Waals surface area contributed by atoms with Gasteiger partial charge in [0.25, 0.3) is 5.60 Å². The first-order valence-corrected chi connectivity index (χ1v) is 19.2. The van der Waals surface area contributed by atoms with Crippen LogP contribution in [0.5, 0.6) is 0 Å². The normalized spacial score (nSPS) is 36.9. The van der Waals surface area contributed by atoms with E-state index in [0.29, 0.717) is 36.7 Å². The number of hydrogen-bond acceptors (Lipinski definition) is 8. The number of fused-ring (bicyclic) bond motifs is 2. The first-order valence-electron chi connectivity index (χ1n) is 19.2. The van der Waals surface area contributed by atoms with Crippen LogP contribution in [-0.2, 0) is 23.9 Å². The third-order valence-corrected chi connectivity index (χ3v) is 13.5. The number of Topliss-reactive ketones (excluding diaryl/α,β-unsaturated/α-hetero) is 2. The lowest BCUT2D eigenvalue weighted by molar-refractivity contribution is -0.700. The second kappa shape index (κ2) is 14.7. The molecule has 6 rings (SSSR count). The van der Waals surface area contributed by atoms with Gasteiger partial charge >= 0.3 is 5.97 Å². The van der Waals surface area contributed by atoms with Gasteiger partial charge in [-0.05, 0) is 74.7 Å². The minimum atomic E-state index is -1.99. The topological polar surface area (TPSA) is 156 Å². The van der Waals surface area contributed by atoms with Gasteiger partial charge in [0.15, 0.2) is 17.2 Å². The minimum Gasteiger partial charge on any atom is -0.460 e. The minimum absolute atomic E-state index is 0.0243. The zero-order valence-corrected chi connectivity index (χ0v) is 28.8. The van der Waals surface area contributed by atoms with Crippen LogP contribution in [0.1, 0.15) is 135 Å². The van der Waals surface area contributed by atoms with E-state index in [0.717, 1.165) is 63.5 Å². The molecule has 6 fully saturated rings. The third-order valence-electron chi connectivity index (χ3n) is 13.5. The second-order valence-corrected chi connectivity index (χ2v) is 16.4. The molecule has 264 valence electrons. The van der Waals surface area contributed by atoms with E-state index in [-0.39, 0.29) is 42.8 Å². The van der Waals surface area contributed by atoms with E-state index < -0.39 is 35.1 Å². The van der Waals surface area contributed by atoms with Gasteiger partial charge in [-0.2, -0.15) is 0 Å². The average Bonchev–Trinajstić information content (AvgIpc) is 3.80. The maximum atomic E-state index is 14.3. The predicted octanol–water partition coefficient (Wildman–Crippen LogP) is 4.01. The van der Waals surface area contributed by atoms with Gasteiger partial charge < -0.3 is 25.0 Å². The summed E-state index contributed by atoms with van der Waals surface area (Å²) in [4.78, 5) is 42.5. The van der Waals surface area contributed by atoms with Crippen molar-refractivity contribution in [3.63, 3.8) is 0 Å². The Morgan fingerprint density at radius 2 is 1.62 bits per heavy atom. The van der Waals surface area contributed by atoms with Crippen molar-refractivity contribution in [1.82, 2.24) is 0 Å². The summed E-state index contributed by atoms with van der Waals surface area (Å²) in [7, 11) is 0. The summed E-state index contributed by atoms with van der Waals surface area (Å²) < 4.78 is 11.9. The predicted molar refractivity (Wildman–Crippen MR) is 177 cm³/mol. The van der Waals surface area contributed by atoms with Gasteiger partial charge in [-0.15, -0.1) is 0 Å². The SMILES string of the molecule is CC(CC1(C2CC[NH2+]C(N)C2)CCCCC1)=C(CO)C[C@@]12O[C@]1(C(=O)OC[C@H](O)CCC1CCCCC1)C(=O)C1CCCCC1C2=O. The molecule has 0 aromatic carbocycles. The van der Waals surface area contributed by atoms with Crippen LogP contribution in [0.3, 0.4) is 0 Å². The quantitative estimate of drug-likeness (QED) is 0.106. The van der Waals surface area contributed by atoms with Crippen LogP contribution in [0.4, 0.5) is 0 Å². The lowest BCUT2D eigenvalue weighted by Gasteiger charge is -2.46. The van der Waals surface area contributed by atoms with Gasteiger partial charge in [-0.1, -0.05) is 69.8 Å². The summed E-state index contributed by atoms with van der Waals surface area (Å²) in [6.07, 6.45) is 18.5. The van der Waals surface area contributed by atoms with Crippen LogP contribution in [-0.4, -0.2) is 71.0 Å². The highest BCUT2D eigenvalue weighted by Crippen LogP contribution is 2.62. The van der Waals surface area contributed by atoms with Gasteiger partial charge in [-0.3, -0.25) is 15.3 Å². The molecule has 47 heavy (non-hydrogen) atoms. The number of carbonyl (C=O) groups is 3. The largest absolute Gasteiger partial charge is 0.460 e. The van der Waals surface area contributed by atoms with Crippen LogP contribution in [0, 0.1) is 29.1 Å². The highest BCUT2D eigenvalue weighted by atomic mass is 16.7. The number of aliphatic hydroxyl groups excluding tert-OH is 2. The molecule has 9 nitrogen and oxygen atoms in total. The first-order chi connectivity index (χ1) is 22.7. The number of esters is 1. The van der Waals surface area contributed by atoms with Gasteiger partial charge in [0.05, 0.1) is 19.3 Å². The number of ketones is 2. The van der Waals surface area contributed by atoms with E-state index in [1.807, 2.05) is 0 Å². The molecule has 0 bridgehead atoms. The number of carbonyl (C=O) groups excluding carboxylic acids is 3.